The van der Waals surface area contributed by atoms with E-state index < -0.39 is 6.61 Å². The molecular weight excluding hydrogens is 344 g/mol. The number of guanidine groups is 1. The Morgan fingerprint density at radius 3 is 2.65 bits per heavy atom. The third-order valence-corrected chi connectivity index (χ3v) is 3.41. The number of aliphatic imine (C=N–C) groups is 1. The van der Waals surface area contributed by atoms with Crippen LogP contribution in [0.2, 0.25) is 0 Å². The van der Waals surface area contributed by atoms with E-state index in [1.54, 1.807) is 12.1 Å². The maximum Gasteiger partial charge on any atom is 0.387 e. The summed E-state index contributed by atoms with van der Waals surface area (Å²) in [5.74, 6) is 1.16. The van der Waals surface area contributed by atoms with Gasteiger partial charge in [0, 0.05) is 31.3 Å². The van der Waals surface area contributed by atoms with Gasteiger partial charge in [0.15, 0.2) is 5.96 Å². The van der Waals surface area contributed by atoms with Crippen LogP contribution < -0.4 is 20.1 Å². The summed E-state index contributed by atoms with van der Waals surface area (Å²) in [7, 11) is 0. The van der Waals surface area contributed by atoms with Gasteiger partial charge in [-0.1, -0.05) is 13.8 Å². The van der Waals surface area contributed by atoms with Gasteiger partial charge in [0.25, 0.3) is 0 Å². The lowest BCUT2D eigenvalue weighted by Gasteiger charge is -2.15. The van der Waals surface area contributed by atoms with Gasteiger partial charge in [0.05, 0.1) is 13.2 Å². The summed E-state index contributed by atoms with van der Waals surface area (Å²) in [5, 5.41) is 15.3. The molecule has 1 aromatic carbocycles. The predicted molar refractivity (Wildman–Crippen MR) is 97.9 cm³/mol. The van der Waals surface area contributed by atoms with Crippen LogP contribution in [0.25, 0.3) is 0 Å². The molecule has 0 heterocycles. The SMILES string of the molecule is CCCOc1ccc(CN=C(NCC)NCC(C)CO)c(OC(F)F)c1. The van der Waals surface area contributed by atoms with Crippen molar-refractivity contribution in [1.82, 2.24) is 10.6 Å². The van der Waals surface area contributed by atoms with Crippen LogP contribution in [-0.4, -0.2) is 44.0 Å². The van der Waals surface area contributed by atoms with Gasteiger partial charge in [-0.05, 0) is 31.4 Å². The number of halogens is 2. The van der Waals surface area contributed by atoms with Crippen molar-refractivity contribution >= 4 is 5.96 Å². The third-order valence-electron chi connectivity index (χ3n) is 3.41. The number of alkyl halides is 2. The van der Waals surface area contributed by atoms with Crippen LogP contribution >= 0.6 is 0 Å². The fraction of sp³-hybridized carbons (Fsp3) is 0.611. The molecule has 1 aromatic rings. The van der Waals surface area contributed by atoms with Gasteiger partial charge < -0.3 is 25.2 Å². The Bertz CT molecular complexity index is 556. The van der Waals surface area contributed by atoms with Gasteiger partial charge in [-0.3, -0.25) is 0 Å². The summed E-state index contributed by atoms with van der Waals surface area (Å²) in [6, 6.07) is 4.85. The molecule has 0 amide bonds. The summed E-state index contributed by atoms with van der Waals surface area (Å²) in [4.78, 5) is 4.40. The lowest BCUT2D eigenvalue weighted by atomic mass is 10.2. The first kappa shape index (κ1) is 22.0. The van der Waals surface area contributed by atoms with E-state index in [-0.39, 0.29) is 24.8 Å². The predicted octanol–water partition coefficient (Wildman–Crippen LogP) is 2.76. The molecule has 0 spiro atoms. The van der Waals surface area contributed by atoms with E-state index >= 15 is 0 Å². The van der Waals surface area contributed by atoms with E-state index in [0.29, 0.717) is 37.0 Å². The zero-order valence-corrected chi connectivity index (χ0v) is 15.6. The molecule has 0 aliphatic carbocycles. The van der Waals surface area contributed by atoms with Crippen molar-refractivity contribution in [3.63, 3.8) is 0 Å². The Morgan fingerprint density at radius 2 is 2.04 bits per heavy atom. The molecule has 0 aromatic heterocycles. The Kier molecular flexibility index (Phi) is 10.4. The van der Waals surface area contributed by atoms with Crippen LogP contribution in [0.15, 0.2) is 23.2 Å². The van der Waals surface area contributed by atoms with Gasteiger partial charge in [-0.25, -0.2) is 4.99 Å². The standard InChI is InChI=1S/C18H29F2N3O3/c1-4-8-25-15-7-6-14(16(9-15)26-17(19)20)11-23-18(21-5-2)22-10-13(3)12-24/h6-7,9,13,17,24H,4-5,8,10-12H2,1-3H3,(H2,21,22,23). The van der Waals surface area contributed by atoms with E-state index in [9.17, 15) is 8.78 Å². The number of aliphatic hydroxyl groups excluding tert-OH is 1. The maximum atomic E-state index is 12.7. The van der Waals surface area contributed by atoms with Crippen molar-refractivity contribution in [2.24, 2.45) is 10.9 Å². The lowest BCUT2D eigenvalue weighted by molar-refractivity contribution is -0.0505. The highest BCUT2D eigenvalue weighted by atomic mass is 19.3. The molecule has 1 rings (SSSR count). The van der Waals surface area contributed by atoms with Crippen molar-refractivity contribution in [3.8, 4) is 11.5 Å². The quantitative estimate of drug-likeness (QED) is 0.411. The molecule has 0 saturated carbocycles. The van der Waals surface area contributed by atoms with Gasteiger partial charge in [0.1, 0.15) is 11.5 Å². The van der Waals surface area contributed by atoms with Gasteiger partial charge in [0.2, 0.25) is 0 Å². The van der Waals surface area contributed by atoms with Crippen LogP contribution in [-0.2, 0) is 6.54 Å². The zero-order chi connectivity index (χ0) is 19.4. The Balaban J connectivity index is 2.88. The first-order valence-electron chi connectivity index (χ1n) is 8.83. The van der Waals surface area contributed by atoms with Crippen LogP contribution in [0.1, 0.15) is 32.8 Å². The lowest BCUT2D eigenvalue weighted by Crippen LogP contribution is -2.39. The van der Waals surface area contributed by atoms with Crippen LogP contribution in [0.4, 0.5) is 8.78 Å². The highest BCUT2D eigenvalue weighted by Gasteiger charge is 2.12. The fourth-order valence-corrected chi connectivity index (χ4v) is 2.02. The molecule has 0 saturated heterocycles. The van der Waals surface area contributed by atoms with E-state index in [4.69, 9.17) is 9.84 Å². The van der Waals surface area contributed by atoms with Gasteiger partial charge >= 0.3 is 6.61 Å². The van der Waals surface area contributed by atoms with Crippen molar-refractivity contribution in [2.45, 2.75) is 40.3 Å². The minimum Gasteiger partial charge on any atom is -0.493 e. The molecule has 26 heavy (non-hydrogen) atoms. The summed E-state index contributed by atoms with van der Waals surface area (Å²) >= 11 is 0. The van der Waals surface area contributed by atoms with Crippen LogP contribution in [0, 0.1) is 5.92 Å². The van der Waals surface area contributed by atoms with Crippen LogP contribution in [0.5, 0.6) is 11.5 Å². The van der Waals surface area contributed by atoms with E-state index in [1.165, 1.54) is 6.07 Å². The molecule has 3 N–H and O–H groups in total. The van der Waals surface area contributed by atoms with Crippen molar-refractivity contribution in [2.75, 3.05) is 26.3 Å². The average molecular weight is 373 g/mol. The number of aliphatic hydroxyl groups is 1. The van der Waals surface area contributed by atoms with Gasteiger partial charge in [-0.2, -0.15) is 8.78 Å². The molecule has 8 heteroatoms. The second-order valence-corrected chi connectivity index (χ2v) is 5.86. The molecule has 148 valence electrons. The summed E-state index contributed by atoms with van der Waals surface area (Å²) in [6.07, 6.45) is 0.820. The van der Waals surface area contributed by atoms with Crippen LogP contribution in [0.3, 0.4) is 0 Å². The smallest absolute Gasteiger partial charge is 0.387 e. The number of hydrogen-bond acceptors (Lipinski definition) is 4. The van der Waals surface area contributed by atoms with E-state index in [2.05, 4.69) is 20.4 Å². The van der Waals surface area contributed by atoms with Crippen molar-refractivity contribution in [3.05, 3.63) is 23.8 Å². The number of rotatable bonds is 11. The molecule has 6 nitrogen and oxygen atoms in total. The number of benzene rings is 1. The van der Waals surface area contributed by atoms with E-state index in [1.807, 2.05) is 20.8 Å². The number of nitrogens with one attached hydrogen (secondary N) is 2. The number of nitrogens with zero attached hydrogens (tertiary/aromatic N) is 1. The highest BCUT2D eigenvalue weighted by molar-refractivity contribution is 5.79. The molecule has 0 radical (unpaired) electrons. The zero-order valence-electron chi connectivity index (χ0n) is 15.6. The Labute approximate surface area is 153 Å². The second kappa shape index (κ2) is 12.3. The Hall–Kier alpha value is -2.09. The molecule has 0 fully saturated rings. The normalized spacial score (nSPS) is 12.8. The van der Waals surface area contributed by atoms with Crippen molar-refractivity contribution in [1.29, 1.82) is 0 Å². The summed E-state index contributed by atoms with van der Waals surface area (Å²) in [5.41, 5.74) is 0.529. The third kappa shape index (κ3) is 8.33. The first-order valence-corrected chi connectivity index (χ1v) is 8.83. The molecule has 1 atom stereocenters. The molecule has 0 aliphatic heterocycles. The van der Waals surface area contributed by atoms with E-state index in [0.717, 1.165) is 6.42 Å². The summed E-state index contributed by atoms with van der Waals surface area (Å²) < 4.78 is 35.5. The molecular formula is C18H29F2N3O3. The first-order chi connectivity index (χ1) is 12.5. The molecule has 0 bridgehead atoms. The fourth-order valence-electron chi connectivity index (χ4n) is 2.02. The minimum absolute atomic E-state index is 0.0527. The molecule has 1 unspecified atom stereocenters. The number of ether oxygens (including phenoxy) is 2. The second-order valence-electron chi connectivity index (χ2n) is 5.86. The minimum atomic E-state index is -2.92. The average Bonchev–Trinajstić information content (AvgIpc) is 2.62. The summed E-state index contributed by atoms with van der Waals surface area (Å²) in [6.45, 7) is 4.82. The van der Waals surface area contributed by atoms with Gasteiger partial charge in [-0.15, -0.1) is 0 Å². The molecule has 0 aliphatic rings. The number of hydrogen-bond donors (Lipinski definition) is 3. The Morgan fingerprint density at radius 1 is 1.27 bits per heavy atom. The monoisotopic (exact) mass is 373 g/mol. The largest absolute Gasteiger partial charge is 0.493 e. The topological polar surface area (TPSA) is 75.1 Å². The highest BCUT2D eigenvalue weighted by Crippen LogP contribution is 2.27. The maximum absolute atomic E-state index is 12.7. The van der Waals surface area contributed by atoms with Crippen molar-refractivity contribution < 1.29 is 23.4 Å².